The number of hydrogen-bond acceptors (Lipinski definition) is 4. The Morgan fingerprint density at radius 3 is 1.20 bits per heavy atom. The lowest BCUT2D eigenvalue weighted by Gasteiger charge is -2.07. The van der Waals surface area contributed by atoms with Crippen LogP contribution in [0.3, 0.4) is 0 Å². The van der Waals surface area contributed by atoms with Gasteiger partial charge >= 0.3 is 0 Å². The highest BCUT2D eigenvalue weighted by Gasteiger charge is 2.01. The van der Waals surface area contributed by atoms with Crippen molar-refractivity contribution in [1.82, 2.24) is 0 Å². The molecule has 20 heavy (non-hydrogen) atoms. The molecular weight excluding hydrogens is 252 g/mol. The van der Waals surface area contributed by atoms with Gasteiger partial charge in [-0.2, -0.15) is 0 Å². The lowest BCUT2D eigenvalue weighted by atomic mass is 10.1. The first kappa shape index (κ1) is 13.5. The first-order valence-corrected chi connectivity index (χ1v) is 5.99. The summed E-state index contributed by atoms with van der Waals surface area (Å²) >= 11 is 0. The van der Waals surface area contributed by atoms with Crippen molar-refractivity contribution in [3.63, 3.8) is 0 Å². The highest BCUT2D eigenvalue weighted by atomic mass is 16.5. The van der Waals surface area contributed by atoms with Gasteiger partial charge in [-0.05, 0) is 48.6 Å². The van der Waals surface area contributed by atoms with Crippen LogP contribution in [0.4, 0.5) is 0 Å². The molecule has 0 amide bonds. The van der Waals surface area contributed by atoms with Gasteiger partial charge in [0.15, 0.2) is 11.8 Å². The van der Waals surface area contributed by atoms with Crippen LogP contribution in [-0.2, 0) is 0 Å². The van der Waals surface area contributed by atoms with Crippen molar-refractivity contribution in [2.75, 3.05) is 0 Å². The molecule has 0 aliphatic rings. The van der Waals surface area contributed by atoms with Gasteiger partial charge in [0, 0.05) is 0 Å². The summed E-state index contributed by atoms with van der Waals surface area (Å²) in [4.78, 5) is 0. The highest BCUT2D eigenvalue weighted by molar-refractivity contribution is 5.64. The molecule has 0 spiro atoms. The van der Waals surface area contributed by atoms with Gasteiger partial charge in [0.25, 0.3) is 0 Å². The topological polar surface area (TPSA) is 70.5 Å². The van der Waals surface area contributed by atoms with Crippen LogP contribution in [0.5, 0.6) is 11.5 Å². The Morgan fingerprint density at radius 2 is 0.950 bits per heavy atom. The van der Waals surface area contributed by atoms with Gasteiger partial charge in [-0.15, -0.1) is 0 Å². The van der Waals surface area contributed by atoms with Crippen molar-refractivity contribution in [2.45, 2.75) is 0 Å². The largest absolute Gasteiger partial charge is 0.442 e. The summed E-state index contributed by atoms with van der Waals surface area (Å²) in [5.41, 5.74) is 12.9. The van der Waals surface area contributed by atoms with Gasteiger partial charge in [0.1, 0.15) is 11.5 Å². The average Bonchev–Trinajstić information content (AvgIpc) is 2.39. The first-order valence-electron chi connectivity index (χ1n) is 5.99. The number of rotatable bonds is 5. The Kier molecular flexibility index (Phi) is 3.96. The van der Waals surface area contributed by atoms with Crippen LogP contribution < -0.4 is 20.9 Å². The molecule has 2 aromatic rings. The summed E-state index contributed by atoms with van der Waals surface area (Å²) in [5.74, 6) is 1.64. The Morgan fingerprint density at radius 1 is 0.650 bits per heavy atom. The summed E-state index contributed by atoms with van der Waals surface area (Å²) in [5, 5.41) is 0. The van der Waals surface area contributed by atoms with Gasteiger partial charge < -0.3 is 20.9 Å². The van der Waals surface area contributed by atoms with Crippen molar-refractivity contribution in [3.8, 4) is 22.6 Å². The predicted molar refractivity (Wildman–Crippen MR) is 79.8 cm³/mol. The molecule has 2 rings (SSSR count). The fourth-order valence-electron chi connectivity index (χ4n) is 1.73. The van der Waals surface area contributed by atoms with E-state index in [1.165, 1.54) is 0 Å². The van der Waals surface area contributed by atoms with Crippen LogP contribution in [0.25, 0.3) is 11.1 Å². The Balaban J connectivity index is 2.15. The normalized spacial score (nSPS) is 9.80. The van der Waals surface area contributed by atoms with Crippen LogP contribution >= 0.6 is 0 Å². The first-order chi connectivity index (χ1) is 9.54. The fraction of sp³-hybridized carbons (Fsp3) is 0. The van der Waals surface area contributed by atoms with Crippen molar-refractivity contribution in [3.05, 3.63) is 73.5 Å². The smallest absolute Gasteiger partial charge is 0.183 e. The molecule has 0 fully saturated rings. The lowest BCUT2D eigenvalue weighted by molar-refractivity contribution is 0.422. The second-order valence-electron chi connectivity index (χ2n) is 4.19. The van der Waals surface area contributed by atoms with E-state index in [1.807, 2.05) is 48.5 Å². The molecule has 4 N–H and O–H groups in total. The Bertz CT molecular complexity index is 558. The second-order valence-corrected chi connectivity index (χ2v) is 4.19. The SMILES string of the molecule is C=C(N)Oc1ccc(-c2ccc(OC(=C)N)cc2)cc1. The van der Waals surface area contributed by atoms with Gasteiger partial charge in [0.05, 0.1) is 0 Å². The van der Waals surface area contributed by atoms with Gasteiger partial charge in [-0.3, -0.25) is 0 Å². The van der Waals surface area contributed by atoms with Crippen LogP contribution in [0, 0.1) is 0 Å². The maximum Gasteiger partial charge on any atom is 0.183 e. The predicted octanol–water partition coefficient (Wildman–Crippen LogP) is 2.97. The molecule has 0 atom stereocenters. The molecule has 0 aliphatic heterocycles. The van der Waals surface area contributed by atoms with Crippen LogP contribution in [-0.4, -0.2) is 0 Å². The van der Waals surface area contributed by atoms with E-state index < -0.39 is 0 Å². The maximum atomic E-state index is 5.38. The zero-order valence-electron chi connectivity index (χ0n) is 11.0. The van der Waals surface area contributed by atoms with Gasteiger partial charge in [0.2, 0.25) is 0 Å². The number of nitrogens with two attached hydrogens (primary N) is 2. The molecule has 0 aliphatic carbocycles. The van der Waals surface area contributed by atoms with E-state index in [9.17, 15) is 0 Å². The summed E-state index contributed by atoms with van der Waals surface area (Å²) < 4.78 is 10.4. The van der Waals surface area contributed by atoms with E-state index in [-0.39, 0.29) is 11.8 Å². The maximum absolute atomic E-state index is 5.38. The summed E-state index contributed by atoms with van der Waals surface area (Å²) in [6.07, 6.45) is 0. The standard InChI is InChI=1S/C16H16N2O2/c1-11(17)19-15-7-3-13(4-8-15)14-5-9-16(10-6-14)20-12(2)18/h3-10H,1-2,17-18H2. The number of benzene rings is 2. The van der Waals surface area contributed by atoms with E-state index in [1.54, 1.807) is 0 Å². The summed E-state index contributed by atoms with van der Waals surface area (Å²) in [6.45, 7) is 6.98. The molecule has 0 saturated carbocycles. The zero-order chi connectivity index (χ0) is 14.5. The minimum atomic E-state index is 0.168. The molecule has 0 heterocycles. The average molecular weight is 268 g/mol. The lowest BCUT2D eigenvalue weighted by Crippen LogP contribution is -2.03. The van der Waals surface area contributed by atoms with E-state index in [2.05, 4.69) is 13.2 Å². The van der Waals surface area contributed by atoms with E-state index in [4.69, 9.17) is 20.9 Å². The van der Waals surface area contributed by atoms with E-state index in [0.717, 1.165) is 11.1 Å². The fourth-order valence-corrected chi connectivity index (χ4v) is 1.73. The highest BCUT2D eigenvalue weighted by Crippen LogP contribution is 2.25. The number of ether oxygens (including phenoxy) is 2. The molecule has 102 valence electrons. The molecule has 0 saturated heterocycles. The van der Waals surface area contributed by atoms with E-state index >= 15 is 0 Å². The Hall–Kier alpha value is -2.88. The third kappa shape index (κ3) is 3.55. The Labute approximate surface area is 117 Å². The van der Waals surface area contributed by atoms with E-state index in [0.29, 0.717) is 11.5 Å². The van der Waals surface area contributed by atoms with Gasteiger partial charge in [-0.1, -0.05) is 24.3 Å². The third-order valence-corrected chi connectivity index (χ3v) is 2.54. The van der Waals surface area contributed by atoms with Gasteiger partial charge in [-0.25, -0.2) is 0 Å². The van der Waals surface area contributed by atoms with Crippen LogP contribution in [0.2, 0.25) is 0 Å². The van der Waals surface area contributed by atoms with Crippen molar-refractivity contribution >= 4 is 0 Å². The molecule has 4 heteroatoms. The molecule has 2 aromatic carbocycles. The molecule has 4 nitrogen and oxygen atoms in total. The van der Waals surface area contributed by atoms with Crippen molar-refractivity contribution < 1.29 is 9.47 Å². The minimum Gasteiger partial charge on any atom is -0.442 e. The zero-order valence-corrected chi connectivity index (χ0v) is 11.0. The quantitative estimate of drug-likeness (QED) is 0.818. The van der Waals surface area contributed by atoms with Crippen LogP contribution in [0.15, 0.2) is 73.5 Å². The molecule has 0 unspecified atom stereocenters. The number of hydrogen-bond donors (Lipinski definition) is 2. The van der Waals surface area contributed by atoms with Crippen molar-refractivity contribution in [1.29, 1.82) is 0 Å². The van der Waals surface area contributed by atoms with Crippen LogP contribution in [0.1, 0.15) is 0 Å². The van der Waals surface area contributed by atoms with Crippen molar-refractivity contribution in [2.24, 2.45) is 11.5 Å². The molecule has 0 radical (unpaired) electrons. The monoisotopic (exact) mass is 268 g/mol. The molecule has 0 aromatic heterocycles. The molecular formula is C16H16N2O2. The molecule has 0 bridgehead atoms. The third-order valence-electron chi connectivity index (χ3n) is 2.54. The summed E-state index contributed by atoms with van der Waals surface area (Å²) in [7, 11) is 0. The summed E-state index contributed by atoms with van der Waals surface area (Å²) in [6, 6.07) is 15.1. The second kappa shape index (κ2) is 5.84. The minimum absolute atomic E-state index is 0.168.